The van der Waals surface area contributed by atoms with E-state index in [0.717, 1.165) is 0 Å². The molecule has 2 N–H and O–H groups in total. The summed E-state index contributed by atoms with van der Waals surface area (Å²) in [5.41, 5.74) is 1.10. The van der Waals surface area contributed by atoms with Crippen molar-refractivity contribution in [2.45, 2.75) is 44.9 Å². The molecule has 0 atom stereocenters. The van der Waals surface area contributed by atoms with Crippen molar-refractivity contribution in [1.29, 1.82) is 0 Å². The van der Waals surface area contributed by atoms with E-state index < -0.39 is 0 Å². The zero-order valence-corrected chi connectivity index (χ0v) is 11.7. The average molecular weight is 262 g/mol. The summed E-state index contributed by atoms with van der Waals surface area (Å²) in [7, 11) is 0. The van der Waals surface area contributed by atoms with Crippen molar-refractivity contribution in [1.82, 2.24) is 10.3 Å². The van der Waals surface area contributed by atoms with Crippen LogP contribution < -0.4 is 5.32 Å². The quantitative estimate of drug-likeness (QED) is 0.873. The van der Waals surface area contributed by atoms with Crippen molar-refractivity contribution < 1.29 is 9.59 Å². The lowest BCUT2D eigenvalue weighted by Gasteiger charge is -2.26. The van der Waals surface area contributed by atoms with Crippen LogP contribution in [0.2, 0.25) is 0 Å². The van der Waals surface area contributed by atoms with Crippen molar-refractivity contribution in [3.05, 3.63) is 24.0 Å². The third kappa shape index (κ3) is 3.46. The number of hydrogen-bond donors (Lipinski definition) is 2. The number of carbonyl (C=O) groups is 2. The Hall–Kier alpha value is -1.58. The van der Waals surface area contributed by atoms with Gasteiger partial charge in [-0.15, -0.1) is 0 Å². The Morgan fingerprint density at radius 2 is 2.11 bits per heavy atom. The molecule has 1 aromatic heterocycles. The average Bonchev–Trinajstić information content (AvgIpc) is 2.91. The first-order valence-corrected chi connectivity index (χ1v) is 6.92. The second-order valence-electron chi connectivity index (χ2n) is 6.01. The Labute approximate surface area is 114 Å². The molecule has 19 heavy (non-hydrogen) atoms. The maximum absolute atomic E-state index is 12.1. The summed E-state index contributed by atoms with van der Waals surface area (Å²) < 4.78 is 0. The van der Waals surface area contributed by atoms with E-state index in [1.165, 1.54) is 5.56 Å². The van der Waals surface area contributed by atoms with Gasteiger partial charge in [0.1, 0.15) is 5.78 Å². The van der Waals surface area contributed by atoms with E-state index in [4.69, 9.17) is 0 Å². The third-order valence-electron chi connectivity index (χ3n) is 4.00. The summed E-state index contributed by atoms with van der Waals surface area (Å²) in [6, 6.07) is 2.03. The van der Waals surface area contributed by atoms with Crippen LogP contribution in [-0.4, -0.2) is 23.2 Å². The summed E-state index contributed by atoms with van der Waals surface area (Å²) >= 11 is 0. The van der Waals surface area contributed by atoms with Crippen LogP contribution in [0.3, 0.4) is 0 Å². The van der Waals surface area contributed by atoms with Crippen molar-refractivity contribution >= 4 is 11.7 Å². The molecule has 0 aromatic carbocycles. The molecule has 1 aromatic rings. The molecule has 0 unspecified atom stereocenters. The Morgan fingerprint density at radius 3 is 2.68 bits per heavy atom. The van der Waals surface area contributed by atoms with Crippen LogP contribution >= 0.6 is 0 Å². The number of aromatic amines is 1. The van der Waals surface area contributed by atoms with E-state index in [2.05, 4.69) is 24.1 Å². The van der Waals surface area contributed by atoms with E-state index in [0.29, 0.717) is 32.2 Å². The van der Waals surface area contributed by atoms with Gasteiger partial charge in [-0.1, -0.05) is 13.8 Å². The molecule has 4 heteroatoms. The van der Waals surface area contributed by atoms with Gasteiger partial charge in [-0.3, -0.25) is 9.59 Å². The van der Waals surface area contributed by atoms with Crippen LogP contribution in [0.5, 0.6) is 0 Å². The number of hydrogen-bond acceptors (Lipinski definition) is 2. The summed E-state index contributed by atoms with van der Waals surface area (Å²) in [6.07, 6.45) is 6.38. The number of aromatic nitrogens is 1. The Morgan fingerprint density at radius 1 is 1.42 bits per heavy atom. The topological polar surface area (TPSA) is 62.0 Å². The minimum absolute atomic E-state index is 0.0136. The first-order chi connectivity index (χ1) is 8.99. The van der Waals surface area contributed by atoms with E-state index in [1.807, 2.05) is 18.5 Å². The predicted octanol–water partition coefficient (Wildman–Crippen LogP) is 2.17. The van der Waals surface area contributed by atoms with Crippen molar-refractivity contribution in [2.24, 2.45) is 5.92 Å². The first-order valence-electron chi connectivity index (χ1n) is 6.92. The molecule has 0 spiro atoms. The fourth-order valence-electron chi connectivity index (χ4n) is 2.50. The van der Waals surface area contributed by atoms with Crippen LogP contribution in [0.4, 0.5) is 0 Å². The van der Waals surface area contributed by atoms with Gasteiger partial charge in [0.15, 0.2) is 0 Å². The molecule has 4 nitrogen and oxygen atoms in total. The smallest absolute Gasteiger partial charge is 0.223 e. The Balaban J connectivity index is 1.85. The van der Waals surface area contributed by atoms with Crippen LogP contribution in [-0.2, 0) is 15.0 Å². The zero-order valence-electron chi connectivity index (χ0n) is 11.7. The van der Waals surface area contributed by atoms with E-state index in [9.17, 15) is 9.59 Å². The molecule has 1 heterocycles. The van der Waals surface area contributed by atoms with Crippen molar-refractivity contribution in [2.75, 3.05) is 6.54 Å². The molecule has 0 bridgehead atoms. The number of Topliss-reactive ketones (excluding diaryl/α,β-unsaturated/α-hetero) is 1. The van der Waals surface area contributed by atoms with Gasteiger partial charge >= 0.3 is 0 Å². The molecule has 104 valence electrons. The van der Waals surface area contributed by atoms with Gasteiger partial charge in [-0.25, -0.2) is 0 Å². The molecular weight excluding hydrogens is 240 g/mol. The van der Waals surface area contributed by atoms with Crippen LogP contribution in [0.15, 0.2) is 18.5 Å². The fourth-order valence-corrected chi connectivity index (χ4v) is 2.50. The fraction of sp³-hybridized carbons (Fsp3) is 0.600. The molecule has 2 rings (SSSR count). The predicted molar refractivity (Wildman–Crippen MR) is 73.8 cm³/mol. The van der Waals surface area contributed by atoms with E-state index in [1.54, 1.807) is 0 Å². The highest BCUT2D eigenvalue weighted by Gasteiger charge is 2.27. The van der Waals surface area contributed by atoms with Gasteiger partial charge < -0.3 is 10.3 Å². The van der Waals surface area contributed by atoms with Gasteiger partial charge in [-0.2, -0.15) is 0 Å². The molecule has 0 radical (unpaired) electrons. The molecule has 1 amide bonds. The molecule has 1 saturated carbocycles. The number of amides is 1. The minimum atomic E-state index is -0.0832. The zero-order chi connectivity index (χ0) is 13.9. The lowest BCUT2D eigenvalue weighted by molar-refractivity contribution is -0.128. The first kappa shape index (κ1) is 13.8. The second kappa shape index (κ2) is 5.59. The van der Waals surface area contributed by atoms with Gasteiger partial charge in [-0.05, 0) is 24.5 Å². The summed E-state index contributed by atoms with van der Waals surface area (Å²) in [5, 5.41) is 3.03. The minimum Gasteiger partial charge on any atom is -0.367 e. The lowest BCUT2D eigenvalue weighted by atomic mass is 9.85. The molecular formula is C15H22N2O2. The number of carbonyl (C=O) groups excluding carboxylic acids is 2. The van der Waals surface area contributed by atoms with Gasteiger partial charge in [0.25, 0.3) is 0 Å². The van der Waals surface area contributed by atoms with Crippen LogP contribution in [0.1, 0.15) is 45.1 Å². The number of ketones is 1. The monoisotopic (exact) mass is 262 g/mol. The van der Waals surface area contributed by atoms with Gasteiger partial charge in [0.2, 0.25) is 5.91 Å². The van der Waals surface area contributed by atoms with Gasteiger partial charge in [0.05, 0.1) is 0 Å². The number of H-pyrrole nitrogens is 1. The maximum Gasteiger partial charge on any atom is 0.223 e. The largest absolute Gasteiger partial charge is 0.367 e. The molecule has 0 aliphatic heterocycles. The van der Waals surface area contributed by atoms with Crippen LogP contribution in [0.25, 0.3) is 0 Å². The highest BCUT2D eigenvalue weighted by Crippen LogP contribution is 2.24. The number of nitrogens with one attached hydrogen (secondary N) is 2. The Kier molecular flexibility index (Phi) is 4.08. The molecule has 1 fully saturated rings. The summed E-state index contributed by atoms with van der Waals surface area (Å²) in [4.78, 5) is 26.3. The normalized spacial score (nSPS) is 17.5. The summed E-state index contributed by atoms with van der Waals surface area (Å²) in [6.45, 7) is 4.84. The SMILES string of the molecule is CC(C)(CNC(=O)C1CCC(=O)CC1)c1cc[nH]c1. The third-order valence-corrected chi connectivity index (χ3v) is 4.00. The van der Waals surface area contributed by atoms with E-state index >= 15 is 0 Å². The second-order valence-corrected chi connectivity index (χ2v) is 6.01. The molecule has 0 saturated heterocycles. The summed E-state index contributed by atoms with van der Waals surface area (Å²) in [5.74, 6) is 0.396. The van der Waals surface area contributed by atoms with E-state index in [-0.39, 0.29) is 23.0 Å². The highest BCUT2D eigenvalue weighted by atomic mass is 16.2. The van der Waals surface area contributed by atoms with Gasteiger partial charge in [0, 0.05) is 43.1 Å². The molecule has 1 aliphatic carbocycles. The van der Waals surface area contributed by atoms with Crippen molar-refractivity contribution in [3.63, 3.8) is 0 Å². The number of rotatable bonds is 4. The highest BCUT2D eigenvalue weighted by molar-refractivity contribution is 5.84. The lowest BCUT2D eigenvalue weighted by Crippen LogP contribution is -2.40. The van der Waals surface area contributed by atoms with Crippen molar-refractivity contribution in [3.8, 4) is 0 Å². The molecule has 1 aliphatic rings. The van der Waals surface area contributed by atoms with Crippen LogP contribution in [0, 0.1) is 5.92 Å². The Bertz CT molecular complexity index is 439. The standard InChI is InChI=1S/C15H22N2O2/c1-15(2,12-7-8-16-9-12)10-17-14(19)11-3-5-13(18)6-4-11/h7-9,11,16H,3-6,10H2,1-2H3,(H,17,19). The maximum atomic E-state index is 12.1.